The first-order valence-corrected chi connectivity index (χ1v) is 5.41. The van der Waals surface area contributed by atoms with Crippen LogP contribution in [0.25, 0.3) is 11.3 Å². The lowest BCUT2D eigenvalue weighted by Crippen LogP contribution is -1.97. The molecular weight excluding hydrogens is 204 g/mol. The van der Waals surface area contributed by atoms with E-state index < -0.39 is 0 Å². The van der Waals surface area contributed by atoms with E-state index in [0.29, 0.717) is 5.76 Å². The van der Waals surface area contributed by atoms with Crippen LogP contribution in [-0.4, -0.2) is 17.0 Å². The SMILES string of the molecule is CCCCOc1ccccc1-c1cnno1. The van der Waals surface area contributed by atoms with Crippen LogP contribution in [0.4, 0.5) is 0 Å². The number of rotatable bonds is 5. The molecule has 0 saturated carbocycles. The lowest BCUT2D eigenvalue weighted by Gasteiger charge is -2.08. The van der Waals surface area contributed by atoms with Crippen LogP contribution in [0.1, 0.15) is 19.8 Å². The number of hydrogen-bond donors (Lipinski definition) is 0. The Balaban J connectivity index is 2.18. The fourth-order valence-corrected chi connectivity index (χ4v) is 1.41. The highest BCUT2D eigenvalue weighted by atomic mass is 16.5. The van der Waals surface area contributed by atoms with Gasteiger partial charge in [-0.1, -0.05) is 25.5 Å². The summed E-state index contributed by atoms with van der Waals surface area (Å²) in [5, 5.41) is 7.12. The van der Waals surface area contributed by atoms with Crippen molar-refractivity contribution in [3.05, 3.63) is 30.5 Å². The minimum Gasteiger partial charge on any atom is -0.493 e. The van der Waals surface area contributed by atoms with E-state index in [1.165, 1.54) is 0 Å². The van der Waals surface area contributed by atoms with Gasteiger partial charge in [0.2, 0.25) is 0 Å². The van der Waals surface area contributed by atoms with E-state index in [2.05, 4.69) is 17.3 Å². The molecule has 0 fully saturated rings. The van der Waals surface area contributed by atoms with E-state index in [-0.39, 0.29) is 0 Å². The van der Waals surface area contributed by atoms with Crippen LogP contribution >= 0.6 is 0 Å². The number of benzene rings is 1. The number of aromatic nitrogens is 2. The lowest BCUT2D eigenvalue weighted by atomic mass is 10.1. The van der Waals surface area contributed by atoms with Gasteiger partial charge in [-0.05, 0) is 18.6 Å². The van der Waals surface area contributed by atoms with E-state index in [1.807, 2.05) is 24.3 Å². The standard InChI is InChI=1S/C12H14N2O2/c1-2-3-8-15-11-7-5-4-6-10(11)12-9-13-14-16-12/h4-7,9H,2-3,8H2,1H3. The normalized spacial score (nSPS) is 10.3. The van der Waals surface area contributed by atoms with Crippen molar-refractivity contribution in [1.82, 2.24) is 10.4 Å². The van der Waals surface area contributed by atoms with Crippen LogP contribution < -0.4 is 4.74 Å². The summed E-state index contributed by atoms with van der Waals surface area (Å²) < 4.78 is 10.7. The molecule has 1 heterocycles. The summed E-state index contributed by atoms with van der Waals surface area (Å²) in [5.74, 6) is 1.45. The van der Waals surface area contributed by atoms with E-state index >= 15 is 0 Å². The van der Waals surface area contributed by atoms with E-state index in [0.717, 1.165) is 30.8 Å². The van der Waals surface area contributed by atoms with E-state index in [9.17, 15) is 0 Å². The molecule has 0 saturated heterocycles. The summed E-state index contributed by atoms with van der Waals surface area (Å²) in [4.78, 5) is 0. The average molecular weight is 218 g/mol. The van der Waals surface area contributed by atoms with Gasteiger partial charge in [-0.25, -0.2) is 0 Å². The number of ether oxygens (including phenoxy) is 1. The van der Waals surface area contributed by atoms with Crippen molar-refractivity contribution in [2.75, 3.05) is 6.61 Å². The molecular formula is C12H14N2O2. The largest absolute Gasteiger partial charge is 0.493 e. The quantitative estimate of drug-likeness (QED) is 0.724. The Kier molecular flexibility index (Phi) is 3.53. The van der Waals surface area contributed by atoms with Crippen LogP contribution in [0.5, 0.6) is 5.75 Å². The summed E-state index contributed by atoms with van der Waals surface area (Å²) in [6, 6.07) is 7.73. The second-order valence-corrected chi connectivity index (χ2v) is 3.48. The maximum absolute atomic E-state index is 5.69. The van der Waals surface area contributed by atoms with Crippen molar-refractivity contribution in [3.63, 3.8) is 0 Å². The molecule has 0 aliphatic heterocycles. The molecule has 0 unspecified atom stereocenters. The molecule has 0 radical (unpaired) electrons. The molecule has 1 aromatic carbocycles. The molecule has 16 heavy (non-hydrogen) atoms. The van der Waals surface area contributed by atoms with Gasteiger partial charge in [-0.3, -0.25) is 0 Å². The summed E-state index contributed by atoms with van der Waals surface area (Å²) in [6.45, 7) is 2.85. The summed E-state index contributed by atoms with van der Waals surface area (Å²) >= 11 is 0. The van der Waals surface area contributed by atoms with Crippen molar-refractivity contribution < 1.29 is 9.26 Å². The number of nitrogens with zero attached hydrogens (tertiary/aromatic N) is 2. The second-order valence-electron chi connectivity index (χ2n) is 3.48. The van der Waals surface area contributed by atoms with Gasteiger partial charge in [-0.15, -0.1) is 5.10 Å². The highest BCUT2D eigenvalue weighted by Gasteiger charge is 2.09. The zero-order valence-corrected chi connectivity index (χ0v) is 9.22. The summed E-state index contributed by atoms with van der Waals surface area (Å²) in [7, 11) is 0. The van der Waals surface area contributed by atoms with Crippen LogP contribution in [-0.2, 0) is 0 Å². The molecule has 2 rings (SSSR count). The molecule has 2 aromatic rings. The van der Waals surface area contributed by atoms with Gasteiger partial charge in [-0.2, -0.15) is 0 Å². The number of hydrogen-bond acceptors (Lipinski definition) is 4. The predicted octanol–water partition coefficient (Wildman–Crippen LogP) is 2.92. The topological polar surface area (TPSA) is 48.2 Å². The Labute approximate surface area is 94.2 Å². The first-order valence-electron chi connectivity index (χ1n) is 5.41. The van der Waals surface area contributed by atoms with E-state index in [4.69, 9.17) is 9.26 Å². The van der Waals surface area contributed by atoms with Gasteiger partial charge in [0.25, 0.3) is 0 Å². The van der Waals surface area contributed by atoms with Crippen molar-refractivity contribution in [3.8, 4) is 17.1 Å². The molecule has 4 heteroatoms. The first-order chi connectivity index (χ1) is 7.92. The summed E-state index contributed by atoms with van der Waals surface area (Å²) in [6.07, 6.45) is 3.75. The fraction of sp³-hybridized carbons (Fsp3) is 0.333. The lowest BCUT2D eigenvalue weighted by molar-refractivity contribution is 0.309. The van der Waals surface area contributed by atoms with Crippen LogP contribution in [0.2, 0.25) is 0 Å². The van der Waals surface area contributed by atoms with E-state index in [1.54, 1.807) is 6.20 Å². The first kappa shape index (κ1) is 10.7. The maximum atomic E-state index is 5.69. The Hall–Kier alpha value is -1.84. The molecule has 84 valence electrons. The van der Waals surface area contributed by atoms with Crippen molar-refractivity contribution >= 4 is 0 Å². The molecule has 0 spiro atoms. The minimum atomic E-state index is 0.632. The number of unbranched alkanes of at least 4 members (excludes halogenated alkanes) is 1. The zero-order chi connectivity index (χ0) is 11.2. The van der Waals surface area contributed by atoms with Gasteiger partial charge in [0.15, 0.2) is 5.76 Å². The summed E-state index contributed by atoms with van der Waals surface area (Å²) in [5.41, 5.74) is 0.892. The Morgan fingerprint density at radius 1 is 1.31 bits per heavy atom. The predicted molar refractivity (Wildman–Crippen MR) is 60.1 cm³/mol. The minimum absolute atomic E-state index is 0.632. The Morgan fingerprint density at radius 2 is 2.19 bits per heavy atom. The van der Waals surface area contributed by atoms with Gasteiger partial charge >= 0.3 is 0 Å². The van der Waals surface area contributed by atoms with Gasteiger partial charge in [0.05, 0.1) is 18.4 Å². The molecule has 0 bridgehead atoms. The maximum Gasteiger partial charge on any atom is 0.191 e. The van der Waals surface area contributed by atoms with Gasteiger partial charge < -0.3 is 9.26 Å². The molecule has 4 nitrogen and oxygen atoms in total. The third-order valence-corrected chi connectivity index (χ3v) is 2.27. The van der Waals surface area contributed by atoms with Gasteiger partial charge in [0.1, 0.15) is 5.75 Å². The highest BCUT2D eigenvalue weighted by molar-refractivity contribution is 5.64. The van der Waals surface area contributed by atoms with Crippen LogP contribution in [0, 0.1) is 0 Å². The smallest absolute Gasteiger partial charge is 0.191 e. The molecule has 0 aliphatic carbocycles. The third-order valence-electron chi connectivity index (χ3n) is 2.27. The zero-order valence-electron chi connectivity index (χ0n) is 9.22. The molecule has 0 atom stereocenters. The van der Waals surface area contributed by atoms with Gasteiger partial charge in [0, 0.05) is 5.27 Å². The molecule has 1 aromatic heterocycles. The van der Waals surface area contributed by atoms with Crippen molar-refractivity contribution in [1.29, 1.82) is 0 Å². The second kappa shape index (κ2) is 5.30. The fourth-order valence-electron chi connectivity index (χ4n) is 1.41. The Bertz CT molecular complexity index is 426. The molecule has 0 amide bonds. The van der Waals surface area contributed by atoms with Crippen molar-refractivity contribution in [2.24, 2.45) is 0 Å². The average Bonchev–Trinajstić information content (AvgIpc) is 2.83. The molecule has 0 N–H and O–H groups in total. The highest BCUT2D eigenvalue weighted by Crippen LogP contribution is 2.28. The monoisotopic (exact) mass is 218 g/mol. The van der Waals surface area contributed by atoms with Crippen LogP contribution in [0.3, 0.4) is 0 Å². The third kappa shape index (κ3) is 2.39. The Morgan fingerprint density at radius 3 is 2.94 bits per heavy atom. The molecule has 0 aliphatic rings. The number of para-hydroxylation sites is 1. The van der Waals surface area contributed by atoms with Crippen molar-refractivity contribution in [2.45, 2.75) is 19.8 Å². The van der Waals surface area contributed by atoms with Crippen LogP contribution in [0.15, 0.2) is 35.0 Å².